The van der Waals surface area contributed by atoms with Crippen molar-refractivity contribution in [3.05, 3.63) is 83.3 Å². The van der Waals surface area contributed by atoms with E-state index in [1.165, 1.54) is 23.3 Å². The maximum Gasteiger partial charge on any atom is 0.309 e. The third kappa shape index (κ3) is 6.98. The first-order valence-corrected chi connectivity index (χ1v) is 13.5. The number of anilines is 1. The predicted octanol–water partition coefficient (Wildman–Crippen LogP) is 6.59. The van der Waals surface area contributed by atoms with Gasteiger partial charge < -0.3 is 10.0 Å². The standard InChI is InChI=1S/C32H40FN3O2/c1-22(2)13-29-21-35(20-25-15-23(3)14-24(16-25)18-32(4,5)31(37)38)11-12-36(29)30-10-9-27(19-34-30)26-7-6-8-28(33)17-26/h6-10,14-17,19,22,29H,11-13,18,20-21H2,1-5H3,(H,37,38)/t29-/m1/s1. The lowest BCUT2D eigenvalue weighted by Gasteiger charge is -2.43. The zero-order valence-electron chi connectivity index (χ0n) is 23.2. The predicted molar refractivity (Wildman–Crippen MR) is 152 cm³/mol. The zero-order chi connectivity index (χ0) is 27.4. The van der Waals surface area contributed by atoms with Gasteiger partial charge >= 0.3 is 5.97 Å². The Bertz CT molecular complexity index is 1260. The fourth-order valence-corrected chi connectivity index (χ4v) is 5.49. The molecule has 1 N–H and O–H groups in total. The number of pyridine rings is 1. The van der Waals surface area contributed by atoms with Gasteiger partial charge in [-0.15, -0.1) is 0 Å². The van der Waals surface area contributed by atoms with Crippen LogP contribution in [0.5, 0.6) is 0 Å². The molecule has 1 fully saturated rings. The summed E-state index contributed by atoms with van der Waals surface area (Å²) in [7, 11) is 0. The van der Waals surface area contributed by atoms with E-state index in [-0.39, 0.29) is 5.82 Å². The van der Waals surface area contributed by atoms with Gasteiger partial charge in [0, 0.05) is 44.0 Å². The van der Waals surface area contributed by atoms with E-state index in [0.717, 1.165) is 55.1 Å². The largest absolute Gasteiger partial charge is 0.481 e. The van der Waals surface area contributed by atoms with Gasteiger partial charge in [0.2, 0.25) is 0 Å². The van der Waals surface area contributed by atoms with Crippen LogP contribution in [0, 0.1) is 24.1 Å². The van der Waals surface area contributed by atoms with Gasteiger partial charge in [0.25, 0.3) is 0 Å². The van der Waals surface area contributed by atoms with Crippen molar-refractivity contribution < 1.29 is 14.3 Å². The molecule has 0 saturated carbocycles. The average molecular weight is 518 g/mol. The first-order chi connectivity index (χ1) is 18.0. The van der Waals surface area contributed by atoms with E-state index in [4.69, 9.17) is 4.98 Å². The second-order valence-electron chi connectivity index (χ2n) is 11.8. The van der Waals surface area contributed by atoms with Crippen molar-refractivity contribution in [1.82, 2.24) is 9.88 Å². The molecule has 1 aliphatic heterocycles. The number of carbonyl (C=O) groups is 1. The summed E-state index contributed by atoms with van der Waals surface area (Å²) < 4.78 is 13.7. The van der Waals surface area contributed by atoms with Gasteiger partial charge in [-0.25, -0.2) is 9.37 Å². The van der Waals surface area contributed by atoms with E-state index >= 15 is 0 Å². The number of aliphatic carboxylic acids is 1. The summed E-state index contributed by atoms with van der Waals surface area (Å²) in [4.78, 5) is 21.4. The van der Waals surface area contributed by atoms with E-state index in [9.17, 15) is 14.3 Å². The van der Waals surface area contributed by atoms with Gasteiger partial charge in [-0.2, -0.15) is 0 Å². The van der Waals surface area contributed by atoms with Gasteiger partial charge in [0.1, 0.15) is 11.6 Å². The number of aryl methyl sites for hydroxylation is 1. The lowest BCUT2D eigenvalue weighted by Crippen LogP contribution is -2.53. The number of aromatic nitrogens is 1. The third-order valence-electron chi connectivity index (χ3n) is 7.34. The summed E-state index contributed by atoms with van der Waals surface area (Å²) in [6, 6.07) is 17.5. The van der Waals surface area contributed by atoms with Crippen LogP contribution in [0.15, 0.2) is 60.8 Å². The Hall–Kier alpha value is -3.25. The second kappa shape index (κ2) is 11.6. The molecule has 2 heterocycles. The molecule has 0 spiro atoms. The summed E-state index contributed by atoms with van der Waals surface area (Å²) in [6.07, 6.45) is 3.42. The minimum absolute atomic E-state index is 0.244. The number of nitrogens with zero attached hydrogens (tertiary/aromatic N) is 3. The van der Waals surface area contributed by atoms with Crippen molar-refractivity contribution >= 4 is 11.8 Å². The molecule has 202 valence electrons. The normalized spacial score (nSPS) is 16.7. The topological polar surface area (TPSA) is 56.7 Å². The van der Waals surface area contributed by atoms with Crippen molar-refractivity contribution in [3.63, 3.8) is 0 Å². The molecule has 2 aromatic carbocycles. The molecule has 1 aromatic heterocycles. The highest BCUT2D eigenvalue weighted by atomic mass is 19.1. The van der Waals surface area contributed by atoms with Crippen LogP contribution in [0.2, 0.25) is 0 Å². The van der Waals surface area contributed by atoms with E-state index in [1.54, 1.807) is 19.9 Å². The van der Waals surface area contributed by atoms with Gasteiger partial charge in [-0.05, 0) is 80.5 Å². The van der Waals surface area contributed by atoms with Crippen LogP contribution < -0.4 is 4.90 Å². The Morgan fingerprint density at radius 2 is 1.84 bits per heavy atom. The number of hydrogen-bond acceptors (Lipinski definition) is 4. The second-order valence-corrected chi connectivity index (χ2v) is 11.8. The lowest BCUT2D eigenvalue weighted by atomic mass is 9.85. The van der Waals surface area contributed by atoms with Crippen molar-refractivity contribution in [2.24, 2.45) is 11.3 Å². The number of piperazine rings is 1. The minimum Gasteiger partial charge on any atom is -0.481 e. The highest BCUT2D eigenvalue weighted by Crippen LogP contribution is 2.28. The maximum atomic E-state index is 13.7. The van der Waals surface area contributed by atoms with E-state index in [2.05, 4.69) is 54.8 Å². The Morgan fingerprint density at radius 1 is 1.08 bits per heavy atom. The zero-order valence-corrected chi connectivity index (χ0v) is 23.2. The van der Waals surface area contributed by atoms with E-state index < -0.39 is 11.4 Å². The average Bonchev–Trinajstić information content (AvgIpc) is 2.83. The van der Waals surface area contributed by atoms with Crippen LogP contribution >= 0.6 is 0 Å². The van der Waals surface area contributed by atoms with E-state index in [1.807, 2.05) is 18.3 Å². The van der Waals surface area contributed by atoms with E-state index in [0.29, 0.717) is 18.4 Å². The highest BCUT2D eigenvalue weighted by molar-refractivity contribution is 5.74. The van der Waals surface area contributed by atoms with Crippen LogP contribution in [0.1, 0.15) is 50.8 Å². The number of rotatable bonds is 9. The Kier molecular flexibility index (Phi) is 8.51. The molecule has 38 heavy (non-hydrogen) atoms. The molecule has 1 saturated heterocycles. The Balaban J connectivity index is 1.48. The van der Waals surface area contributed by atoms with Gasteiger partial charge in [0.05, 0.1) is 5.41 Å². The first kappa shape index (κ1) is 27.8. The van der Waals surface area contributed by atoms with Crippen molar-refractivity contribution in [2.45, 2.75) is 60.0 Å². The molecule has 0 amide bonds. The molecule has 0 unspecified atom stereocenters. The fourth-order valence-electron chi connectivity index (χ4n) is 5.49. The summed E-state index contributed by atoms with van der Waals surface area (Å²) in [5, 5.41) is 9.57. The van der Waals surface area contributed by atoms with Crippen molar-refractivity contribution in [2.75, 3.05) is 24.5 Å². The third-order valence-corrected chi connectivity index (χ3v) is 7.34. The Morgan fingerprint density at radius 3 is 2.50 bits per heavy atom. The van der Waals surface area contributed by atoms with Crippen molar-refractivity contribution in [1.29, 1.82) is 0 Å². The summed E-state index contributed by atoms with van der Waals surface area (Å²) in [5.41, 5.74) is 4.42. The summed E-state index contributed by atoms with van der Waals surface area (Å²) >= 11 is 0. The minimum atomic E-state index is -0.795. The number of halogens is 1. The molecule has 0 aliphatic carbocycles. The molecule has 0 radical (unpaired) electrons. The smallest absolute Gasteiger partial charge is 0.309 e. The molecule has 6 heteroatoms. The van der Waals surface area contributed by atoms with Crippen LogP contribution in [0.25, 0.3) is 11.1 Å². The highest BCUT2D eigenvalue weighted by Gasteiger charge is 2.30. The number of carboxylic acid groups (broad SMARTS) is 1. The van der Waals surface area contributed by atoms with Gasteiger partial charge in [-0.3, -0.25) is 9.69 Å². The molecule has 5 nitrogen and oxygen atoms in total. The fraction of sp³-hybridized carbons (Fsp3) is 0.438. The SMILES string of the molecule is Cc1cc(CN2CCN(c3ccc(-c4cccc(F)c4)cn3)[C@H](CC(C)C)C2)cc(CC(C)(C)C(=O)O)c1. The van der Waals surface area contributed by atoms with Gasteiger partial charge in [-0.1, -0.05) is 49.7 Å². The molecule has 0 bridgehead atoms. The molecule has 3 aromatic rings. The van der Waals surface area contributed by atoms with Gasteiger partial charge in [0.15, 0.2) is 0 Å². The van der Waals surface area contributed by atoms with Crippen LogP contribution in [-0.2, 0) is 17.8 Å². The van der Waals surface area contributed by atoms with Crippen molar-refractivity contribution in [3.8, 4) is 11.1 Å². The number of hydrogen-bond donors (Lipinski definition) is 1. The molecular formula is C32H40FN3O2. The maximum absolute atomic E-state index is 13.7. The van der Waals surface area contributed by atoms with Crippen LogP contribution in [-0.4, -0.2) is 46.6 Å². The molecule has 1 atom stereocenters. The lowest BCUT2D eigenvalue weighted by molar-refractivity contribution is -0.146. The number of carboxylic acids is 1. The first-order valence-electron chi connectivity index (χ1n) is 13.5. The Labute approximate surface area is 226 Å². The summed E-state index contributed by atoms with van der Waals surface area (Å²) in [6.45, 7) is 13.8. The summed E-state index contributed by atoms with van der Waals surface area (Å²) in [5.74, 6) is 0.499. The molecular weight excluding hydrogens is 477 g/mol. The molecule has 1 aliphatic rings. The quantitative estimate of drug-likeness (QED) is 0.347. The van der Waals surface area contributed by atoms with Crippen LogP contribution in [0.3, 0.4) is 0 Å². The number of benzene rings is 2. The molecule has 4 rings (SSSR count). The monoisotopic (exact) mass is 517 g/mol. The van der Waals surface area contributed by atoms with Crippen LogP contribution in [0.4, 0.5) is 10.2 Å².